The average molecular weight is 308 g/mol. The van der Waals surface area contributed by atoms with Gasteiger partial charge in [0.1, 0.15) is 11.4 Å². The highest BCUT2D eigenvalue weighted by molar-refractivity contribution is 6.06. The van der Waals surface area contributed by atoms with Crippen LogP contribution in [-0.4, -0.2) is 20.3 Å². The number of carbonyl (C=O) groups excluding carboxylic acids is 1. The van der Waals surface area contributed by atoms with Gasteiger partial charge in [0.15, 0.2) is 0 Å². The van der Waals surface area contributed by atoms with Crippen LogP contribution in [0, 0.1) is 0 Å². The Morgan fingerprint density at radius 2 is 1.91 bits per heavy atom. The zero-order valence-corrected chi connectivity index (χ0v) is 13.5. The first kappa shape index (κ1) is 15.1. The molecule has 5 heteroatoms. The number of nitrogens with zero attached hydrogens (tertiary/aromatic N) is 3. The van der Waals surface area contributed by atoms with Crippen molar-refractivity contribution in [2.75, 3.05) is 5.32 Å². The minimum Gasteiger partial charge on any atom is -0.322 e. The van der Waals surface area contributed by atoms with E-state index >= 15 is 0 Å². The van der Waals surface area contributed by atoms with Crippen LogP contribution in [0.15, 0.2) is 55.0 Å². The number of aromatic nitrogens is 3. The van der Waals surface area contributed by atoms with Crippen LogP contribution < -0.4 is 5.32 Å². The molecular weight excluding hydrogens is 288 g/mol. The summed E-state index contributed by atoms with van der Waals surface area (Å²) in [4.78, 5) is 12.6. The second-order valence-electron chi connectivity index (χ2n) is 5.83. The number of carbonyl (C=O) groups is 1. The molecule has 0 saturated heterocycles. The van der Waals surface area contributed by atoms with Crippen LogP contribution in [-0.2, 0) is 7.05 Å². The normalized spacial score (nSPS) is 11.0. The third-order valence-corrected chi connectivity index (χ3v) is 3.81. The van der Waals surface area contributed by atoms with Crippen molar-refractivity contribution in [3.63, 3.8) is 0 Å². The molecular formula is C18H20N4O. The van der Waals surface area contributed by atoms with Crippen LogP contribution in [0.4, 0.5) is 5.69 Å². The van der Waals surface area contributed by atoms with Crippen LogP contribution in [0.3, 0.4) is 0 Å². The maximum atomic E-state index is 12.6. The predicted molar refractivity (Wildman–Crippen MR) is 91.0 cm³/mol. The SMILES string of the molecule is CC(C)c1cccc(NC(=O)c2cnn(C)c2-n2cccc2)c1. The lowest BCUT2D eigenvalue weighted by atomic mass is 10.0. The number of rotatable bonds is 4. The monoisotopic (exact) mass is 308 g/mol. The molecule has 3 rings (SSSR count). The first-order valence-electron chi connectivity index (χ1n) is 7.63. The summed E-state index contributed by atoms with van der Waals surface area (Å²) in [7, 11) is 1.82. The van der Waals surface area contributed by atoms with Gasteiger partial charge in [0, 0.05) is 25.1 Å². The Bertz CT molecular complexity index is 815. The Morgan fingerprint density at radius 3 is 2.61 bits per heavy atom. The van der Waals surface area contributed by atoms with Crippen LogP contribution >= 0.6 is 0 Å². The molecule has 2 heterocycles. The zero-order chi connectivity index (χ0) is 16.4. The molecule has 0 unspecified atom stereocenters. The van der Waals surface area contributed by atoms with Gasteiger partial charge in [-0.15, -0.1) is 0 Å². The lowest BCUT2D eigenvalue weighted by Crippen LogP contribution is -2.15. The number of benzene rings is 1. The summed E-state index contributed by atoms with van der Waals surface area (Å²) in [6.45, 7) is 4.26. The quantitative estimate of drug-likeness (QED) is 0.801. The third-order valence-electron chi connectivity index (χ3n) is 3.81. The van der Waals surface area contributed by atoms with Gasteiger partial charge in [-0.05, 0) is 35.7 Å². The summed E-state index contributed by atoms with van der Waals surface area (Å²) >= 11 is 0. The van der Waals surface area contributed by atoms with Gasteiger partial charge in [-0.3, -0.25) is 9.48 Å². The molecule has 0 radical (unpaired) electrons. The van der Waals surface area contributed by atoms with Crippen LogP contribution in [0.2, 0.25) is 0 Å². The van der Waals surface area contributed by atoms with E-state index in [0.29, 0.717) is 11.5 Å². The molecule has 118 valence electrons. The van der Waals surface area contributed by atoms with E-state index in [1.165, 1.54) is 5.56 Å². The van der Waals surface area contributed by atoms with E-state index in [-0.39, 0.29) is 5.91 Å². The van der Waals surface area contributed by atoms with Crippen molar-refractivity contribution in [3.8, 4) is 5.82 Å². The molecule has 0 aliphatic rings. The molecule has 3 aromatic rings. The minimum atomic E-state index is -0.164. The van der Waals surface area contributed by atoms with E-state index in [0.717, 1.165) is 11.5 Å². The zero-order valence-electron chi connectivity index (χ0n) is 13.5. The van der Waals surface area contributed by atoms with Crippen molar-refractivity contribution in [1.82, 2.24) is 14.3 Å². The first-order valence-corrected chi connectivity index (χ1v) is 7.63. The molecule has 0 atom stereocenters. The lowest BCUT2D eigenvalue weighted by molar-refractivity contribution is 0.102. The summed E-state index contributed by atoms with van der Waals surface area (Å²) < 4.78 is 3.58. The molecule has 1 aromatic carbocycles. The fourth-order valence-electron chi connectivity index (χ4n) is 2.55. The molecule has 1 N–H and O–H groups in total. The van der Waals surface area contributed by atoms with Gasteiger partial charge in [-0.25, -0.2) is 0 Å². The molecule has 0 fully saturated rings. The Kier molecular flexibility index (Phi) is 4.02. The van der Waals surface area contributed by atoms with E-state index in [2.05, 4.69) is 30.3 Å². The molecule has 0 bridgehead atoms. The molecule has 0 spiro atoms. The minimum absolute atomic E-state index is 0.164. The Morgan fingerprint density at radius 1 is 1.17 bits per heavy atom. The summed E-state index contributed by atoms with van der Waals surface area (Å²) in [5.74, 6) is 0.996. The van der Waals surface area contributed by atoms with Gasteiger partial charge in [0.2, 0.25) is 0 Å². The van der Waals surface area contributed by atoms with Crippen LogP contribution in [0.5, 0.6) is 0 Å². The highest BCUT2D eigenvalue weighted by Gasteiger charge is 2.17. The summed E-state index contributed by atoms with van der Waals surface area (Å²) in [5.41, 5.74) is 2.53. The van der Waals surface area contributed by atoms with E-state index in [1.54, 1.807) is 10.9 Å². The molecule has 2 aromatic heterocycles. The van der Waals surface area contributed by atoms with Gasteiger partial charge >= 0.3 is 0 Å². The van der Waals surface area contributed by atoms with E-state index in [9.17, 15) is 4.79 Å². The standard InChI is InChI=1S/C18H20N4O/c1-13(2)14-7-6-8-15(11-14)20-17(23)16-12-19-21(3)18(16)22-9-4-5-10-22/h4-13H,1-3H3,(H,20,23). The fourth-order valence-corrected chi connectivity index (χ4v) is 2.55. The number of hydrogen-bond donors (Lipinski definition) is 1. The second kappa shape index (κ2) is 6.12. The predicted octanol–water partition coefficient (Wildman–Crippen LogP) is 3.59. The Hall–Kier alpha value is -2.82. The van der Waals surface area contributed by atoms with Crippen LogP contribution in [0.25, 0.3) is 5.82 Å². The molecule has 0 aliphatic carbocycles. The number of anilines is 1. The molecule has 0 saturated carbocycles. The number of hydrogen-bond acceptors (Lipinski definition) is 2. The van der Waals surface area contributed by atoms with Crippen molar-refractivity contribution in [3.05, 3.63) is 66.1 Å². The molecule has 23 heavy (non-hydrogen) atoms. The topological polar surface area (TPSA) is 51.9 Å². The number of aryl methyl sites for hydroxylation is 1. The second-order valence-corrected chi connectivity index (χ2v) is 5.83. The van der Waals surface area contributed by atoms with Gasteiger partial charge in [0.05, 0.1) is 6.20 Å². The smallest absolute Gasteiger partial charge is 0.261 e. The number of nitrogens with one attached hydrogen (secondary N) is 1. The van der Waals surface area contributed by atoms with E-state index in [1.807, 2.05) is 54.3 Å². The third kappa shape index (κ3) is 3.04. The highest BCUT2D eigenvalue weighted by Crippen LogP contribution is 2.20. The number of amides is 1. The Labute approximate surface area is 135 Å². The highest BCUT2D eigenvalue weighted by atomic mass is 16.1. The maximum Gasteiger partial charge on any atom is 0.261 e. The van der Waals surface area contributed by atoms with Gasteiger partial charge < -0.3 is 9.88 Å². The first-order chi connectivity index (χ1) is 11.1. The van der Waals surface area contributed by atoms with Crippen molar-refractivity contribution < 1.29 is 4.79 Å². The molecule has 5 nitrogen and oxygen atoms in total. The largest absolute Gasteiger partial charge is 0.322 e. The van der Waals surface area contributed by atoms with Crippen molar-refractivity contribution in [2.45, 2.75) is 19.8 Å². The lowest BCUT2D eigenvalue weighted by Gasteiger charge is -2.10. The average Bonchev–Trinajstić information content (AvgIpc) is 3.16. The van der Waals surface area contributed by atoms with Gasteiger partial charge in [-0.1, -0.05) is 26.0 Å². The van der Waals surface area contributed by atoms with E-state index in [4.69, 9.17) is 0 Å². The molecule has 1 amide bonds. The molecule has 0 aliphatic heterocycles. The maximum absolute atomic E-state index is 12.6. The summed E-state index contributed by atoms with van der Waals surface area (Å²) in [6.07, 6.45) is 5.39. The Balaban J connectivity index is 1.89. The van der Waals surface area contributed by atoms with Crippen LogP contribution in [0.1, 0.15) is 35.7 Å². The van der Waals surface area contributed by atoms with Gasteiger partial charge in [-0.2, -0.15) is 5.10 Å². The van der Waals surface area contributed by atoms with Crippen molar-refractivity contribution >= 4 is 11.6 Å². The fraction of sp³-hybridized carbons (Fsp3) is 0.222. The van der Waals surface area contributed by atoms with Crippen molar-refractivity contribution in [2.24, 2.45) is 7.05 Å². The summed E-state index contributed by atoms with van der Waals surface area (Å²) in [5, 5.41) is 7.18. The van der Waals surface area contributed by atoms with E-state index < -0.39 is 0 Å². The van der Waals surface area contributed by atoms with Crippen molar-refractivity contribution in [1.29, 1.82) is 0 Å². The van der Waals surface area contributed by atoms with Gasteiger partial charge in [0.25, 0.3) is 5.91 Å². The summed E-state index contributed by atoms with van der Waals surface area (Å²) in [6, 6.07) is 11.8.